The fourth-order valence-corrected chi connectivity index (χ4v) is 14.2. The van der Waals surface area contributed by atoms with E-state index in [4.69, 9.17) is 18.9 Å². The Bertz CT molecular complexity index is 1080. The van der Waals surface area contributed by atoms with Crippen LogP contribution in [0.15, 0.2) is 0 Å². The first-order chi connectivity index (χ1) is 19.7. The Morgan fingerprint density at radius 3 is 1.61 bits per heavy atom. The molecular weight excluding hydrogens is 516 g/mol. The Morgan fingerprint density at radius 2 is 1.15 bits per heavy atom. The highest BCUT2D eigenvalue weighted by Crippen LogP contribution is 2.70. The van der Waals surface area contributed by atoms with Crippen LogP contribution in [-0.4, -0.2) is 44.2 Å². The molecule has 8 unspecified atom stereocenters. The zero-order chi connectivity index (χ0) is 27.4. The molecule has 224 valence electrons. The molecule has 0 aromatic heterocycles. The van der Waals surface area contributed by atoms with E-state index in [1.54, 1.807) is 0 Å². The molecule has 13 aliphatic rings. The normalized spacial score (nSPS) is 59.7. The molecule has 41 heavy (non-hydrogen) atoms. The van der Waals surface area contributed by atoms with Crippen LogP contribution in [0.1, 0.15) is 96.8 Å². The molecule has 6 heteroatoms. The largest absolute Gasteiger partial charge is 0.464 e. The standard InChI is InChI=1S/C35H48O6/c1-31-9-26-6-27(14-31)35(28(26)15-31)40-18-32(19-41-35,16-38-29(36)33-7-20-2-22(10-33)23(3-20)11-33)17-39-30(37)34-8-21-4-24(12-34)25(5-21)13-34/h20-28H,2-19H2,1H3. The Labute approximate surface area is 244 Å². The summed E-state index contributed by atoms with van der Waals surface area (Å²) in [6.45, 7) is 3.82. The molecular formula is C35H48O6. The average Bonchev–Trinajstić information content (AvgIpc) is 3.68. The molecule has 12 saturated carbocycles. The quantitative estimate of drug-likeness (QED) is 0.374. The van der Waals surface area contributed by atoms with Gasteiger partial charge in [-0.15, -0.1) is 0 Å². The summed E-state index contributed by atoms with van der Waals surface area (Å²) in [5.74, 6) is 5.47. The first-order valence-corrected chi connectivity index (χ1v) is 17.3. The maximum absolute atomic E-state index is 13.7. The molecule has 6 nitrogen and oxygen atoms in total. The van der Waals surface area contributed by atoms with Gasteiger partial charge in [-0.1, -0.05) is 6.92 Å². The predicted molar refractivity (Wildman–Crippen MR) is 148 cm³/mol. The molecule has 0 aromatic carbocycles. The van der Waals surface area contributed by atoms with Gasteiger partial charge in [0.1, 0.15) is 13.2 Å². The summed E-state index contributed by atoms with van der Waals surface area (Å²) in [7, 11) is 0. The van der Waals surface area contributed by atoms with E-state index in [0.717, 1.165) is 62.2 Å². The highest BCUT2D eigenvalue weighted by atomic mass is 16.7. The summed E-state index contributed by atoms with van der Waals surface area (Å²) >= 11 is 0. The van der Waals surface area contributed by atoms with Crippen molar-refractivity contribution >= 4 is 11.9 Å². The molecule has 8 atom stereocenters. The second-order valence-corrected chi connectivity index (χ2v) is 18.2. The summed E-state index contributed by atoms with van der Waals surface area (Å²) < 4.78 is 26.3. The van der Waals surface area contributed by atoms with Crippen molar-refractivity contribution in [3.63, 3.8) is 0 Å². The maximum Gasteiger partial charge on any atom is 0.312 e. The van der Waals surface area contributed by atoms with Crippen molar-refractivity contribution in [1.82, 2.24) is 0 Å². The lowest BCUT2D eigenvalue weighted by molar-refractivity contribution is -0.353. The van der Waals surface area contributed by atoms with Crippen LogP contribution in [0.25, 0.3) is 0 Å². The maximum atomic E-state index is 13.7. The molecule has 0 amide bonds. The fourth-order valence-electron chi connectivity index (χ4n) is 14.2. The lowest BCUT2D eigenvalue weighted by Gasteiger charge is -2.52. The lowest BCUT2D eigenvalue weighted by Crippen LogP contribution is -2.59. The monoisotopic (exact) mass is 564 g/mol. The number of carbonyl (C=O) groups excluding carboxylic acids is 2. The van der Waals surface area contributed by atoms with Gasteiger partial charge in [0.2, 0.25) is 0 Å². The number of rotatable bonds is 6. The zero-order valence-corrected chi connectivity index (χ0v) is 24.9. The van der Waals surface area contributed by atoms with E-state index in [2.05, 4.69) is 6.92 Å². The van der Waals surface area contributed by atoms with Crippen molar-refractivity contribution in [2.24, 2.45) is 74.9 Å². The van der Waals surface area contributed by atoms with E-state index in [1.165, 1.54) is 51.4 Å². The molecule has 0 N–H and O–H groups in total. The van der Waals surface area contributed by atoms with Crippen LogP contribution in [0.5, 0.6) is 0 Å². The molecule has 1 aliphatic heterocycles. The fraction of sp³-hybridized carbons (Fsp3) is 0.943. The van der Waals surface area contributed by atoms with Crippen molar-refractivity contribution in [2.45, 2.75) is 103 Å². The van der Waals surface area contributed by atoms with Crippen molar-refractivity contribution < 1.29 is 28.5 Å². The third-order valence-corrected chi connectivity index (χ3v) is 15.4. The van der Waals surface area contributed by atoms with Gasteiger partial charge in [-0.05, 0) is 137 Å². The van der Waals surface area contributed by atoms with Crippen LogP contribution in [0.3, 0.4) is 0 Å². The van der Waals surface area contributed by atoms with Crippen LogP contribution in [-0.2, 0) is 28.5 Å². The SMILES string of the molecule is CC12CC3CC(C1)C1(OCC(COC(=O)C45CC6CC(C4)C(C6)C5)(COC(=O)C45CC6CC(C4)C(C6)C5)CO1)C3C2. The van der Waals surface area contributed by atoms with Gasteiger partial charge < -0.3 is 18.9 Å². The minimum absolute atomic E-state index is 0.00327. The molecule has 0 radical (unpaired) electrons. The van der Waals surface area contributed by atoms with E-state index < -0.39 is 11.2 Å². The van der Waals surface area contributed by atoms with Crippen molar-refractivity contribution in [3.05, 3.63) is 0 Å². The lowest BCUT2D eigenvalue weighted by atomic mass is 9.68. The Hall–Kier alpha value is -1.14. The Balaban J connectivity index is 0.873. The zero-order valence-electron chi connectivity index (χ0n) is 24.9. The summed E-state index contributed by atoms with van der Waals surface area (Å²) in [6.07, 6.45) is 16.2. The van der Waals surface area contributed by atoms with Crippen LogP contribution < -0.4 is 0 Å². The molecule has 1 spiro atoms. The molecule has 1 saturated heterocycles. The van der Waals surface area contributed by atoms with Crippen LogP contribution in [0.4, 0.5) is 0 Å². The van der Waals surface area contributed by atoms with Gasteiger partial charge >= 0.3 is 11.9 Å². The number of hydrogen-bond donors (Lipinski definition) is 0. The highest BCUT2D eigenvalue weighted by molar-refractivity contribution is 5.78. The van der Waals surface area contributed by atoms with Gasteiger partial charge in [0.05, 0.1) is 29.5 Å². The van der Waals surface area contributed by atoms with Crippen LogP contribution in [0, 0.1) is 74.9 Å². The third-order valence-electron chi connectivity index (χ3n) is 15.4. The third kappa shape index (κ3) is 3.33. The van der Waals surface area contributed by atoms with Crippen molar-refractivity contribution in [1.29, 1.82) is 0 Å². The topological polar surface area (TPSA) is 71.1 Å². The minimum Gasteiger partial charge on any atom is -0.464 e. The second kappa shape index (κ2) is 7.92. The van der Waals surface area contributed by atoms with Gasteiger partial charge in [0.25, 0.3) is 0 Å². The first-order valence-electron chi connectivity index (χ1n) is 17.3. The second-order valence-electron chi connectivity index (χ2n) is 18.2. The summed E-state index contributed by atoms with van der Waals surface area (Å²) in [4.78, 5) is 27.5. The van der Waals surface area contributed by atoms with Gasteiger partial charge in [-0.3, -0.25) is 9.59 Å². The van der Waals surface area contributed by atoms with Gasteiger partial charge in [0, 0.05) is 11.8 Å². The molecule has 13 fully saturated rings. The van der Waals surface area contributed by atoms with Gasteiger partial charge in [-0.25, -0.2) is 0 Å². The molecule has 12 bridgehead atoms. The van der Waals surface area contributed by atoms with Crippen LogP contribution >= 0.6 is 0 Å². The Morgan fingerprint density at radius 1 is 0.634 bits per heavy atom. The minimum atomic E-state index is -0.626. The highest BCUT2D eigenvalue weighted by Gasteiger charge is 2.70. The summed E-state index contributed by atoms with van der Waals surface area (Å²) in [5, 5.41) is 0. The average molecular weight is 565 g/mol. The van der Waals surface area contributed by atoms with E-state index in [0.29, 0.717) is 48.2 Å². The van der Waals surface area contributed by atoms with Crippen LogP contribution in [0.2, 0.25) is 0 Å². The summed E-state index contributed by atoms with van der Waals surface area (Å²) in [6, 6.07) is 0. The molecule has 13 rings (SSSR count). The van der Waals surface area contributed by atoms with E-state index in [-0.39, 0.29) is 36.0 Å². The number of carbonyl (C=O) groups is 2. The molecule has 12 aliphatic carbocycles. The van der Waals surface area contributed by atoms with Crippen molar-refractivity contribution in [3.8, 4) is 0 Å². The van der Waals surface area contributed by atoms with E-state index in [1.807, 2.05) is 0 Å². The molecule has 0 aromatic rings. The predicted octanol–water partition coefficient (Wildman–Crippen LogP) is 5.91. The number of esters is 2. The van der Waals surface area contributed by atoms with Gasteiger partial charge in [0.15, 0.2) is 5.79 Å². The van der Waals surface area contributed by atoms with Crippen molar-refractivity contribution in [2.75, 3.05) is 26.4 Å². The number of hydrogen-bond acceptors (Lipinski definition) is 6. The molecule has 1 heterocycles. The van der Waals surface area contributed by atoms with Gasteiger partial charge in [-0.2, -0.15) is 0 Å². The summed E-state index contributed by atoms with van der Waals surface area (Å²) in [5.41, 5.74) is -0.718. The first kappa shape index (κ1) is 25.2. The van der Waals surface area contributed by atoms with E-state index >= 15 is 0 Å². The van der Waals surface area contributed by atoms with E-state index in [9.17, 15) is 9.59 Å². The smallest absolute Gasteiger partial charge is 0.312 e. The Kier molecular flexibility index (Phi) is 4.87. The number of ether oxygens (including phenoxy) is 4.